The smallest absolute Gasteiger partial charge is 0.261 e. The van der Waals surface area contributed by atoms with Gasteiger partial charge in [0.05, 0.1) is 22.7 Å². The summed E-state index contributed by atoms with van der Waals surface area (Å²) in [6.07, 6.45) is 1.40. The summed E-state index contributed by atoms with van der Waals surface area (Å²) in [5.74, 6) is -1.08. The number of benzene rings is 1. The van der Waals surface area contributed by atoms with Crippen LogP contribution in [0.3, 0.4) is 0 Å². The van der Waals surface area contributed by atoms with Gasteiger partial charge in [-0.1, -0.05) is 12.1 Å². The Hall–Kier alpha value is -2.44. The van der Waals surface area contributed by atoms with Crippen LogP contribution in [0.4, 0.5) is 0 Å². The number of hydrogen-bond donors (Lipinski definition) is 1. The van der Waals surface area contributed by atoms with Crippen LogP contribution in [-0.2, 0) is 15.0 Å². The third-order valence-corrected chi connectivity index (χ3v) is 3.47. The number of para-hydroxylation sites is 1. The molecule has 1 aromatic heterocycles. The van der Waals surface area contributed by atoms with Crippen molar-refractivity contribution in [3.8, 4) is 0 Å². The van der Waals surface area contributed by atoms with Crippen LogP contribution in [-0.4, -0.2) is 29.2 Å². The van der Waals surface area contributed by atoms with Crippen LogP contribution in [0, 0.1) is 0 Å². The molecule has 2 heterocycles. The van der Waals surface area contributed by atoms with Crippen LogP contribution in [0.15, 0.2) is 35.4 Å². The van der Waals surface area contributed by atoms with E-state index in [0.29, 0.717) is 10.9 Å². The first-order chi connectivity index (χ1) is 9.52. The number of piperidine rings is 1. The van der Waals surface area contributed by atoms with Gasteiger partial charge in [0.2, 0.25) is 11.8 Å². The maximum atomic E-state index is 12.4. The summed E-state index contributed by atoms with van der Waals surface area (Å²) in [6, 6.07) is 6.80. The minimum Gasteiger partial charge on any atom is -0.295 e. The van der Waals surface area contributed by atoms with E-state index in [1.165, 1.54) is 6.33 Å². The van der Waals surface area contributed by atoms with Gasteiger partial charge in [0.1, 0.15) is 7.85 Å². The fourth-order valence-electron chi connectivity index (χ4n) is 2.30. The van der Waals surface area contributed by atoms with Crippen molar-refractivity contribution in [1.82, 2.24) is 14.9 Å². The molecule has 0 aliphatic carbocycles. The Morgan fingerprint density at radius 2 is 2.00 bits per heavy atom. The minimum atomic E-state index is -1.58. The molecule has 98 valence electrons. The lowest BCUT2D eigenvalue weighted by molar-refractivity contribution is -0.137. The van der Waals surface area contributed by atoms with Gasteiger partial charge in [-0.25, -0.2) is 4.98 Å². The van der Waals surface area contributed by atoms with E-state index in [-0.39, 0.29) is 12.8 Å². The molecule has 1 aliphatic rings. The SMILES string of the molecule is [B][C@]1(n2cnc3ccccc3c2=O)CCC(=O)NC1=O. The number of carbonyl (C=O) groups excluding carboxylic acids is 2. The molecule has 1 saturated heterocycles. The molecule has 0 spiro atoms. The zero-order valence-corrected chi connectivity index (χ0v) is 10.5. The highest BCUT2D eigenvalue weighted by atomic mass is 16.2. The fraction of sp³-hybridized carbons (Fsp3) is 0.231. The van der Waals surface area contributed by atoms with E-state index in [1.54, 1.807) is 24.3 Å². The number of rotatable bonds is 1. The van der Waals surface area contributed by atoms with Gasteiger partial charge in [-0.15, -0.1) is 0 Å². The third-order valence-electron chi connectivity index (χ3n) is 3.47. The fourth-order valence-corrected chi connectivity index (χ4v) is 2.30. The van der Waals surface area contributed by atoms with Crippen LogP contribution in [0.25, 0.3) is 10.9 Å². The number of carbonyl (C=O) groups is 2. The first kappa shape index (κ1) is 12.6. The first-order valence-electron chi connectivity index (χ1n) is 6.12. The van der Waals surface area contributed by atoms with Gasteiger partial charge in [-0.3, -0.25) is 24.3 Å². The molecule has 1 fully saturated rings. The Labute approximate surface area is 115 Å². The van der Waals surface area contributed by atoms with Crippen LogP contribution < -0.4 is 10.9 Å². The van der Waals surface area contributed by atoms with E-state index in [0.717, 1.165) is 4.57 Å². The summed E-state index contributed by atoms with van der Waals surface area (Å²) < 4.78 is 1.09. The number of amides is 2. The normalized spacial score (nSPS) is 22.8. The van der Waals surface area contributed by atoms with Crippen LogP contribution in [0.5, 0.6) is 0 Å². The lowest BCUT2D eigenvalue weighted by Crippen LogP contribution is -2.58. The molecule has 3 rings (SSSR count). The van der Waals surface area contributed by atoms with Crippen molar-refractivity contribution in [2.24, 2.45) is 0 Å². The van der Waals surface area contributed by atoms with Crippen molar-refractivity contribution >= 4 is 30.6 Å². The summed E-state index contributed by atoms with van der Waals surface area (Å²) in [5.41, 5.74) is -1.45. The predicted molar refractivity (Wildman–Crippen MR) is 72.1 cm³/mol. The lowest BCUT2D eigenvalue weighted by atomic mass is 9.71. The number of imide groups is 1. The van der Waals surface area contributed by atoms with Gasteiger partial charge in [-0.2, -0.15) is 0 Å². The average molecular weight is 267 g/mol. The molecule has 6 nitrogen and oxygen atoms in total. The third kappa shape index (κ3) is 1.74. The first-order valence-corrected chi connectivity index (χ1v) is 6.12. The molecule has 0 saturated carbocycles. The molecule has 0 unspecified atom stereocenters. The number of hydrogen-bond acceptors (Lipinski definition) is 4. The van der Waals surface area contributed by atoms with Crippen molar-refractivity contribution < 1.29 is 9.59 Å². The Bertz CT molecular complexity index is 786. The Kier molecular flexibility index (Phi) is 2.70. The summed E-state index contributed by atoms with van der Waals surface area (Å²) in [6.45, 7) is 0. The average Bonchev–Trinajstić information content (AvgIpc) is 2.44. The monoisotopic (exact) mass is 267 g/mol. The number of nitrogens with zero attached hydrogens (tertiary/aromatic N) is 2. The predicted octanol–water partition coefficient (Wildman–Crippen LogP) is -0.346. The minimum absolute atomic E-state index is 0.0671. The van der Waals surface area contributed by atoms with Crippen LogP contribution in [0.2, 0.25) is 0 Å². The molecule has 0 bridgehead atoms. The molecule has 1 atom stereocenters. The molecule has 2 amide bonds. The van der Waals surface area contributed by atoms with Crippen molar-refractivity contribution in [3.63, 3.8) is 0 Å². The van der Waals surface area contributed by atoms with Crippen molar-refractivity contribution in [2.75, 3.05) is 0 Å². The lowest BCUT2D eigenvalue weighted by Gasteiger charge is -2.33. The van der Waals surface area contributed by atoms with Gasteiger partial charge >= 0.3 is 0 Å². The largest absolute Gasteiger partial charge is 0.295 e. The Morgan fingerprint density at radius 3 is 2.75 bits per heavy atom. The van der Waals surface area contributed by atoms with E-state index in [2.05, 4.69) is 10.3 Å². The number of nitrogens with one attached hydrogen (secondary N) is 1. The molecule has 1 aliphatic heterocycles. The van der Waals surface area contributed by atoms with E-state index in [1.807, 2.05) is 0 Å². The highest BCUT2D eigenvalue weighted by Crippen LogP contribution is 2.22. The molecule has 2 aromatic rings. The van der Waals surface area contributed by atoms with E-state index < -0.39 is 22.8 Å². The molecule has 2 radical (unpaired) electrons. The molecule has 20 heavy (non-hydrogen) atoms. The second kappa shape index (κ2) is 4.30. The summed E-state index contributed by atoms with van der Waals surface area (Å²) in [4.78, 5) is 39.7. The Balaban J connectivity index is 2.19. The molecule has 1 aromatic carbocycles. The second-order valence-corrected chi connectivity index (χ2v) is 4.74. The van der Waals surface area contributed by atoms with Gasteiger partial charge in [-0.05, 0) is 18.6 Å². The molecular formula is C13H10BN3O3. The summed E-state index contributed by atoms with van der Waals surface area (Å²) >= 11 is 0. The topological polar surface area (TPSA) is 81.1 Å². The highest BCUT2D eigenvalue weighted by Gasteiger charge is 2.40. The summed E-state index contributed by atoms with van der Waals surface area (Å²) in [7, 11) is 6.04. The quantitative estimate of drug-likeness (QED) is 0.566. The van der Waals surface area contributed by atoms with Crippen LogP contribution >= 0.6 is 0 Å². The summed E-state index contributed by atoms with van der Waals surface area (Å²) in [5, 5.41) is 2.53. The molecule has 7 heteroatoms. The maximum Gasteiger partial charge on any atom is 0.261 e. The second-order valence-electron chi connectivity index (χ2n) is 4.74. The van der Waals surface area contributed by atoms with Crippen molar-refractivity contribution in [3.05, 3.63) is 40.9 Å². The zero-order valence-electron chi connectivity index (χ0n) is 10.5. The number of fused-ring (bicyclic) bond motifs is 1. The van der Waals surface area contributed by atoms with E-state index >= 15 is 0 Å². The van der Waals surface area contributed by atoms with Gasteiger partial charge in [0, 0.05) is 6.42 Å². The van der Waals surface area contributed by atoms with E-state index in [9.17, 15) is 14.4 Å². The maximum absolute atomic E-state index is 12.4. The van der Waals surface area contributed by atoms with Gasteiger partial charge in [0.25, 0.3) is 5.56 Å². The number of aromatic nitrogens is 2. The van der Waals surface area contributed by atoms with E-state index in [4.69, 9.17) is 7.85 Å². The van der Waals surface area contributed by atoms with Crippen molar-refractivity contribution in [1.29, 1.82) is 0 Å². The highest BCUT2D eigenvalue weighted by molar-refractivity contribution is 6.28. The van der Waals surface area contributed by atoms with Crippen molar-refractivity contribution in [2.45, 2.75) is 18.3 Å². The standard InChI is InChI=1S/C13H10BN3O3/c14-13(6-5-10(18)16-12(13)20)17-7-15-9-4-2-1-3-8(9)11(17)19/h1-4,7H,5-6H2,(H,16,18,20)/t13-/m0/s1. The van der Waals surface area contributed by atoms with Gasteiger partial charge < -0.3 is 0 Å². The van der Waals surface area contributed by atoms with Gasteiger partial charge in [0.15, 0.2) is 0 Å². The molecular weight excluding hydrogens is 257 g/mol. The van der Waals surface area contributed by atoms with Crippen LogP contribution in [0.1, 0.15) is 12.8 Å². The zero-order chi connectivity index (χ0) is 14.3. The Morgan fingerprint density at radius 1 is 1.25 bits per heavy atom. The molecule has 1 N–H and O–H groups in total.